The zero-order valence-electron chi connectivity index (χ0n) is 20.9. The second-order valence-electron chi connectivity index (χ2n) is 9.90. The Balaban J connectivity index is 1.52. The minimum atomic E-state index is -1.79. The number of amides is 2. The predicted octanol–water partition coefficient (Wildman–Crippen LogP) is 6.03. The summed E-state index contributed by atoms with van der Waals surface area (Å²) in [5, 5.41) is 0.499. The first-order valence-electron chi connectivity index (χ1n) is 12.7. The monoisotopic (exact) mass is 550 g/mol. The third kappa shape index (κ3) is 3.37. The van der Waals surface area contributed by atoms with Crippen molar-refractivity contribution < 1.29 is 18.4 Å². The number of rotatable bonds is 4. The van der Waals surface area contributed by atoms with Crippen molar-refractivity contribution in [3.05, 3.63) is 146 Å². The fraction of sp³-hybridized carbons (Fsp3) is 0.0938. The van der Waals surface area contributed by atoms with E-state index in [0.717, 1.165) is 5.56 Å². The largest absolute Gasteiger partial charge is 0.450 e. The van der Waals surface area contributed by atoms with Crippen LogP contribution in [0.4, 0.5) is 10.1 Å². The van der Waals surface area contributed by atoms with E-state index < -0.39 is 28.6 Å². The predicted molar refractivity (Wildman–Crippen MR) is 149 cm³/mol. The molecule has 40 heavy (non-hydrogen) atoms. The molecule has 0 saturated carbocycles. The molecule has 8 heteroatoms. The summed E-state index contributed by atoms with van der Waals surface area (Å²) in [7, 11) is 0. The van der Waals surface area contributed by atoms with Crippen LogP contribution >= 0.6 is 11.6 Å². The van der Waals surface area contributed by atoms with E-state index in [1.165, 1.54) is 29.2 Å². The van der Waals surface area contributed by atoms with E-state index in [4.69, 9.17) is 16.0 Å². The summed E-state index contributed by atoms with van der Waals surface area (Å²) in [5.41, 5.74) is 0.429. The molecule has 6 nitrogen and oxygen atoms in total. The van der Waals surface area contributed by atoms with Crippen LogP contribution in [0.3, 0.4) is 0 Å². The van der Waals surface area contributed by atoms with Crippen molar-refractivity contribution in [2.45, 2.75) is 18.6 Å². The Morgan fingerprint density at radius 1 is 0.800 bits per heavy atom. The molecule has 1 unspecified atom stereocenters. The average Bonchev–Trinajstić information content (AvgIpc) is 3.35. The Hall–Kier alpha value is -4.75. The van der Waals surface area contributed by atoms with Gasteiger partial charge in [0, 0.05) is 17.1 Å². The van der Waals surface area contributed by atoms with E-state index >= 15 is 0 Å². The molecule has 0 aliphatic carbocycles. The van der Waals surface area contributed by atoms with Crippen LogP contribution in [0.15, 0.2) is 106 Å². The molecular weight excluding hydrogens is 531 g/mol. The summed E-state index contributed by atoms with van der Waals surface area (Å²) in [6.07, 6.45) is 0. The second-order valence-corrected chi connectivity index (χ2v) is 10.3. The Morgan fingerprint density at radius 2 is 1.50 bits per heavy atom. The highest BCUT2D eigenvalue weighted by Gasteiger charge is 2.64. The van der Waals surface area contributed by atoms with E-state index in [9.17, 15) is 18.8 Å². The average molecular weight is 551 g/mol. The Morgan fingerprint density at radius 3 is 2.27 bits per heavy atom. The first-order chi connectivity index (χ1) is 19.4. The van der Waals surface area contributed by atoms with Crippen molar-refractivity contribution in [2.24, 2.45) is 0 Å². The van der Waals surface area contributed by atoms with Crippen molar-refractivity contribution >= 4 is 40.1 Å². The minimum absolute atomic E-state index is 0.0395. The second kappa shape index (κ2) is 8.89. The van der Waals surface area contributed by atoms with Gasteiger partial charge in [-0.2, -0.15) is 0 Å². The summed E-state index contributed by atoms with van der Waals surface area (Å²) in [6.45, 7) is 0.177. The lowest BCUT2D eigenvalue weighted by Crippen LogP contribution is -2.52. The minimum Gasteiger partial charge on any atom is -0.450 e. The van der Waals surface area contributed by atoms with Gasteiger partial charge in [-0.25, -0.2) is 4.39 Å². The van der Waals surface area contributed by atoms with E-state index in [-0.39, 0.29) is 35.4 Å². The zero-order valence-corrected chi connectivity index (χ0v) is 21.7. The molecule has 2 aliphatic rings. The molecule has 2 aliphatic heterocycles. The van der Waals surface area contributed by atoms with Gasteiger partial charge in [0.25, 0.3) is 11.8 Å². The molecule has 196 valence electrons. The Labute approximate surface area is 232 Å². The topological polar surface area (TPSA) is 70.8 Å². The van der Waals surface area contributed by atoms with Crippen LogP contribution in [-0.2, 0) is 23.4 Å². The molecular formula is C32H20ClFN2O4. The number of para-hydroxylation sites is 1. The highest BCUT2D eigenvalue weighted by molar-refractivity contribution is 6.31. The molecule has 0 fully saturated rings. The highest BCUT2D eigenvalue weighted by Crippen LogP contribution is 2.53. The lowest BCUT2D eigenvalue weighted by atomic mass is 9.83. The third-order valence-corrected chi connectivity index (χ3v) is 7.87. The van der Waals surface area contributed by atoms with Crippen molar-refractivity contribution in [3.63, 3.8) is 0 Å². The fourth-order valence-corrected chi connectivity index (χ4v) is 6.05. The lowest BCUT2D eigenvalue weighted by Gasteiger charge is -2.34. The van der Waals surface area contributed by atoms with E-state index in [0.29, 0.717) is 21.8 Å². The van der Waals surface area contributed by atoms with E-state index in [2.05, 4.69) is 0 Å². The van der Waals surface area contributed by atoms with Crippen LogP contribution < -0.4 is 10.3 Å². The maximum absolute atomic E-state index is 14.8. The SMILES string of the molecule is O=C1c2oc3ccc(Cl)cc3c(=O)c2C2(C(=O)N(Cc3ccccc3)c3ccccc32)N1Cc1ccc(F)cc1. The van der Waals surface area contributed by atoms with Crippen molar-refractivity contribution in [3.8, 4) is 0 Å². The number of hydrogen-bond acceptors (Lipinski definition) is 4. The van der Waals surface area contributed by atoms with Crippen molar-refractivity contribution in [1.29, 1.82) is 0 Å². The number of carbonyl (C=O) groups excluding carboxylic acids is 2. The molecule has 3 heterocycles. The van der Waals surface area contributed by atoms with Crippen LogP contribution in [-0.4, -0.2) is 16.7 Å². The normalized spacial score (nSPS) is 17.6. The molecule has 1 atom stereocenters. The third-order valence-electron chi connectivity index (χ3n) is 7.64. The standard InChI is InChI=1S/C32H20ClFN2O4/c33-21-12-15-26-23(16-21)28(37)27-29(40-26)30(38)36(18-20-10-13-22(34)14-11-20)32(27)24-8-4-5-9-25(24)35(31(32)39)17-19-6-2-1-3-7-19/h1-16H,17-18H2. The Kier molecular flexibility index (Phi) is 5.40. The smallest absolute Gasteiger partial charge is 0.291 e. The van der Waals surface area contributed by atoms with Gasteiger partial charge in [-0.1, -0.05) is 72.3 Å². The Bertz CT molecular complexity index is 1910. The molecule has 1 aromatic heterocycles. The van der Waals surface area contributed by atoms with E-state index in [1.54, 1.807) is 35.2 Å². The van der Waals surface area contributed by atoms with Gasteiger partial charge in [0.2, 0.25) is 5.76 Å². The fourth-order valence-electron chi connectivity index (χ4n) is 5.88. The van der Waals surface area contributed by atoms with Gasteiger partial charge in [0.1, 0.15) is 11.4 Å². The van der Waals surface area contributed by atoms with Gasteiger partial charge in [-0.15, -0.1) is 0 Å². The summed E-state index contributed by atoms with van der Waals surface area (Å²) >= 11 is 6.23. The van der Waals surface area contributed by atoms with Gasteiger partial charge in [0.05, 0.1) is 23.2 Å². The van der Waals surface area contributed by atoms with Gasteiger partial charge >= 0.3 is 0 Å². The van der Waals surface area contributed by atoms with E-state index in [1.807, 2.05) is 42.5 Å². The van der Waals surface area contributed by atoms with Gasteiger partial charge in [-0.05, 0) is 47.5 Å². The molecule has 0 bridgehead atoms. The highest BCUT2D eigenvalue weighted by atomic mass is 35.5. The number of halogens is 2. The van der Waals surface area contributed by atoms with Gasteiger partial charge in [-0.3, -0.25) is 14.4 Å². The number of fused-ring (bicyclic) bond motifs is 5. The van der Waals surface area contributed by atoms with Gasteiger partial charge in [0.15, 0.2) is 11.0 Å². The van der Waals surface area contributed by atoms with Crippen molar-refractivity contribution in [1.82, 2.24) is 4.90 Å². The molecule has 0 saturated heterocycles. The zero-order chi connectivity index (χ0) is 27.6. The lowest BCUT2D eigenvalue weighted by molar-refractivity contribution is -0.126. The van der Waals surface area contributed by atoms with Crippen LogP contribution in [0.2, 0.25) is 5.02 Å². The molecule has 0 radical (unpaired) electrons. The van der Waals surface area contributed by atoms with Crippen LogP contribution in [0.1, 0.15) is 32.8 Å². The molecule has 2 amide bonds. The number of carbonyl (C=O) groups is 2. The number of benzene rings is 4. The van der Waals surface area contributed by atoms with Crippen LogP contribution in [0, 0.1) is 5.82 Å². The molecule has 7 rings (SSSR count). The quantitative estimate of drug-likeness (QED) is 0.274. The first-order valence-corrected chi connectivity index (χ1v) is 13.1. The molecule has 5 aromatic rings. The molecule has 0 N–H and O–H groups in total. The summed E-state index contributed by atoms with van der Waals surface area (Å²) < 4.78 is 19.8. The number of anilines is 1. The van der Waals surface area contributed by atoms with Crippen molar-refractivity contribution in [2.75, 3.05) is 4.90 Å². The first kappa shape index (κ1) is 24.3. The van der Waals surface area contributed by atoms with Gasteiger partial charge < -0.3 is 14.2 Å². The summed E-state index contributed by atoms with van der Waals surface area (Å²) in [6, 6.07) is 26.9. The summed E-state index contributed by atoms with van der Waals surface area (Å²) in [4.78, 5) is 46.1. The van der Waals surface area contributed by atoms with Crippen LogP contribution in [0.5, 0.6) is 0 Å². The molecule has 4 aromatic carbocycles. The summed E-state index contributed by atoms with van der Waals surface area (Å²) in [5.74, 6) is -1.66. The maximum Gasteiger partial charge on any atom is 0.291 e. The number of hydrogen-bond donors (Lipinski definition) is 0. The number of nitrogens with zero attached hydrogens (tertiary/aromatic N) is 2. The molecule has 1 spiro atoms. The van der Waals surface area contributed by atoms with Crippen LogP contribution in [0.25, 0.3) is 11.0 Å². The maximum atomic E-state index is 14.8.